The van der Waals surface area contributed by atoms with Crippen molar-refractivity contribution in [3.8, 4) is 17.2 Å². The number of nitrogens with two attached hydrogens (primary N) is 2. The summed E-state index contributed by atoms with van der Waals surface area (Å²) in [5, 5.41) is 13.0. The Labute approximate surface area is 257 Å². The predicted molar refractivity (Wildman–Crippen MR) is 173 cm³/mol. The molecule has 1 atom stereocenters. The number of phenols is 1. The van der Waals surface area contributed by atoms with Crippen LogP contribution in [0, 0.1) is 14.3 Å². The fraction of sp³-hybridized carbons (Fsp3) is 0.0800. The first kappa shape index (κ1) is 27.1. The number of ether oxygens (including phenoxy) is 1. The van der Waals surface area contributed by atoms with Gasteiger partial charge in [0.25, 0.3) is 5.91 Å². The number of carbonyl (C=O) groups excluding carboxylic acids is 1. The van der Waals surface area contributed by atoms with E-state index in [1.54, 1.807) is 12.1 Å². The maximum absolute atomic E-state index is 13.1. The van der Waals surface area contributed by atoms with E-state index in [0.717, 1.165) is 28.5 Å². The number of amides is 1. The summed E-state index contributed by atoms with van der Waals surface area (Å²) >= 11 is 8.58. The van der Waals surface area contributed by atoms with E-state index < -0.39 is 6.04 Å². The molecule has 6 nitrogen and oxygen atoms in total. The van der Waals surface area contributed by atoms with Gasteiger partial charge in [-0.05, 0) is 138 Å². The molecule has 4 rings (SSSR count). The lowest BCUT2D eigenvalue weighted by atomic mass is 10.0. The molecule has 0 spiro atoms. The zero-order valence-electron chi connectivity index (χ0n) is 18.0. The van der Waals surface area contributed by atoms with Crippen molar-refractivity contribution in [2.45, 2.75) is 12.5 Å². The van der Waals surface area contributed by atoms with Crippen LogP contribution in [0.5, 0.6) is 17.2 Å². The van der Waals surface area contributed by atoms with Crippen molar-refractivity contribution in [1.29, 1.82) is 0 Å². The molecule has 4 aromatic carbocycles. The van der Waals surface area contributed by atoms with Crippen molar-refractivity contribution in [3.63, 3.8) is 0 Å². The van der Waals surface area contributed by atoms with Crippen LogP contribution < -0.4 is 21.3 Å². The molecule has 180 valence electrons. The van der Waals surface area contributed by atoms with E-state index >= 15 is 0 Å². The van der Waals surface area contributed by atoms with E-state index in [0.29, 0.717) is 30.7 Å². The van der Waals surface area contributed by atoms with Crippen LogP contribution in [0.15, 0.2) is 66.7 Å². The Morgan fingerprint density at radius 1 is 0.914 bits per heavy atom. The normalized spacial score (nSPS) is 11.9. The van der Waals surface area contributed by atoms with Gasteiger partial charge in [-0.3, -0.25) is 4.79 Å². The number of nitrogens with zero attached hydrogens (tertiary/aromatic N) is 1. The van der Waals surface area contributed by atoms with Crippen molar-refractivity contribution < 1.29 is 14.6 Å². The fourth-order valence-electron chi connectivity index (χ4n) is 3.60. The average Bonchev–Trinajstić information content (AvgIpc) is 2.83. The van der Waals surface area contributed by atoms with Gasteiger partial charge in [-0.15, -0.1) is 0 Å². The number of rotatable bonds is 6. The number of halogens is 4. The molecule has 0 aliphatic heterocycles. The monoisotopic (exact) mass is 917 g/mol. The Kier molecular flexibility index (Phi) is 9.00. The largest absolute Gasteiger partial charge is 0.506 e. The number of carbonyl (C=O) groups is 1. The van der Waals surface area contributed by atoms with Gasteiger partial charge in [-0.2, -0.15) is 0 Å². The number of hydrazine groups is 1. The van der Waals surface area contributed by atoms with Crippen molar-refractivity contribution in [2.75, 3.05) is 5.01 Å². The molecule has 0 aliphatic carbocycles. The Morgan fingerprint density at radius 2 is 1.51 bits per heavy atom. The molecule has 0 saturated carbocycles. The van der Waals surface area contributed by atoms with Crippen LogP contribution >= 0.6 is 90.4 Å². The second-order valence-electron chi connectivity index (χ2n) is 7.74. The van der Waals surface area contributed by atoms with E-state index in [1.165, 1.54) is 0 Å². The number of hydrogen-bond acceptors (Lipinski definition) is 5. The highest BCUT2D eigenvalue weighted by molar-refractivity contribution is 14.1. The topological polar surface area (TPSA) is 102 Å². The molecule has 1 amide bonds. The van der Waals surface area contributed by atoms with Crippen molar-refractivity contribution >= 4 is 113 Å². The highest BCUT2D eigenvalue weighted by Crippen LogP contribution is 2.37. The number of anilines is 1. The molecule has 5 N–H and O–H groups in total. The minimum atomic E-state index is -0.808. The van der Waals surface area contributed by atoms with Gasteiger partial charge in [-0.25, -0.2) is 10.9 Å². The lowest BCUT2D eigenvalue weighted by Gasteiger charge is -2.22. The standard InChI is InChI=1S/C25H19I4N3O3/c26-17-11-15(12-18(27)23(17)33)35-24-19(28)8-13(9-20(24)29)10-21(30)25(34)32(31)22-7-3-5-14-4-1-2-6-16(14)22/h1-9,11-12,21,33H,10,30-31H2/t21-/m0/s1. The Morgan fingerprint density at radius 3 is 2.17 bits per heavy atom. The molecule has 0 saturated heterocycles. The van der Waals surface area contributed by atoms with E-state index in [2.05, 4.69) is 90.4 Å². The third kappa shape index (κ3) is 6.14. The molecule has 0 heterocycles. The highest BCUT2D eigenvalue weighted by atomic mass is 127. The average molecular weight is 917 g/mol. The van der Waals surface area contributed by atoms with Crippen molar-refractivity contribution in [1.82, 2.24) is 0 Å². The Bertz CT molecular complexity index is 1380. The minimum Gasteiger partial charge on any atom is -0.506 e. The first-order chi connectivity index (χ1) is 16.7. The van der Waals surface area contributed by atoms with Gasteiger partial charge in [0.2, 0.25) is 0 Å². The summed E-state index contributed by atoms with van der Waals surface area (Å²) in [4.78, 5) is 13.1. The fourth-order valence-corrected chi connectivity index (χ4v) is 7.43. The molecule has 4 aromatic rings. The van der Waals surface area contributed by atoms with E-state index in [9.17, 15) is 9.90 Å². The maximum Gasteiger partial charge on any atom is 0.258 e. The summed E-state index contributed by atoms with van der Waals surface area (Å²) in [6, 6.07) is 20.1. The number of benzene rings is 4. The zero-order valence-corrected chi connectivity index (χ0v) is 26.6. The summed E-state index contributed by atoms with van der Waals surface area (Å²) in [5.41, 5.74) is 7.84. The number of hydrogen-bond donors (Lipinski definition) is 3. The van der Waals surface area contributed by atoms with Crippen LogP contribution in [0.3, 0.4) is 0 Å². The van der Waals surface area contributed by atoms with E-state index in [-0.39, 0.29) is 11.7 Å². The number of fused-ring (bicyclic) bond motifs is 1. The molecular weight excluding hydrogens is 898 g/mol. The quantitative estimate of drug-likeness (QED) is 0.0885. The van der Waals surface area contributed by atoms with Gasteiger partial charge < -0.3 is 15.6 Å². The second-order valence-corrected chi connectivity index (χ2v) is 12.4. The third-order valence-corrected chi connectivity index (χ3v) is 8.55. The molecule has 35 heavy (non-hydrogen) atoms. The summed E-state index contributed by atoms with van der Waals surface area (Å²) in [6.45, 7) is 0. The second kappa shape index (κ2) is 11.6. The molecular formula is C25H19I4N3O3. The molecule has 0 bridgehead atoms. The Hall–Kier alpha value is -0.950. The summed E-state index contributed by atoms with van der Waals surface area (Å²) in [6.07, 6.45) is 0.332. The zero-order chi connectivity index (χ0) is 25.3. The highest BCUT2D eigenvalue weighted by Gasteiger charge is 2.23. The van der Waals surface area contributed by atoms with Crippen LogP contribution in [0.4, 0.5) is 5.69 Å². The van der Waals surface area contributed by atoms with Crippen molar-refractivity contribution in [3.05, 3.63) is 86.6 Å². The first-order valence-corrected chi connectivity index (χ1v) is 14.6. The van der Waals surface area contributed by atoms with Crippen molar-refractivity contribution in [2.24, 2.45) is 11.6 Å². The lowest BCUT2D eigenvalue weighted by molar-refractivity contribution is -0.119. The SMILES string of the molecule is N[C@@H](Cc1cc(I)c(Oc2cc(I)c(O)c(I)c2)c(I)c1)C(=O)N(N)c1cccc2ccccc12. The summed E-state index contributed by atoms with van der Waals surface area (Å²) < 4.78 is 9.35. The van der Waals surface area contributed by atoms with Gasteiger partial charge in [0.05, 0.1) is 26.0 Å². The van der Waals surface area contributed by atoms with Crippen LogP contribution in [0.1, 0.15) is 5.56 Å². The summed E-state index contributed by atoms with van der Waals surface area (Å²) in [5.74, 6) is 7.46. The van der Waals surface area contributed by atoms with Crippen LogP contribution in [-0.2, 0) is 11.2 Å². The predicted octanol–water partition coefficient (Wildman–Crippen LogP) is 6.53. The third-order valence-electron chi connectivity index (χ3n) is 5.30. The first-order valence-electron chi connectivity index (χ1n) is 10.3. The van der Waals surface area contributed by atoms with Crippen LogP contribution in [0.2, 0.25) is 0 Å². The smallest absolute Gasteiger partial charge is 0.258 e. The van der Waals surface area contributed by atoms with Crippen LogP contribution in [0.25, 0.3) is 10.8 Å². The molecule has 0 fully saturated rings. The van der Waals surface area contributed by atoms with Gasteiger partial charge in [0.15, 0.2) is 5.75 Å². The van der Waals surface area contributed by atoms with E-state index in [1.807, 2.05) is 54.6 Å². The van der Waals surface area contributed by atoms with Gasteiger partial charge in [-0.1, -0.05) is 36.4 Å². The molecule has 0 aromatic heterocycles. The van der Waals surface area contributed by atoms with Gasteiger partial charge >= 0.3 is 0 Å². The maximum atomic E-state index is 13.1. The summed E-state index contributed by atoms with van der Waals surface area (Å²) in [7, 11) is 0. The van der Waals surface area contributed by atoms with E-state index in [4.69, 9.17) is 16.3 Å². The number of aromatic hydroxyl groups is 1. The molecule has 0 unspecified atom stereocenters. The minimum absolute atomic E-state index is 0.245. The van der Waals surface area contributed by atoms with Crippen LogP contribution in [-0.4, -0.2) is 17.1 Å². The van der Waals surface area contributed by atoms with Gasteiger partial charge in [0.1, 0.15) is 11.5 Å². The molecule has 0 radical (unpaired) electrons. The Balaban J connectivity index is 1.52. The molecule has 10 heteroatoms. The number of phenolic OH excluding ortho intramolecular Hbond substituents is 1. The molecule has 0 aliphatic rings. The lowest BCUT2D eigenvalue weighted by Crippen LogP contribution is -2.48. The van der Waals surface area contributed by atoms with Gasteiger partial charge in [0, 0.05) is 5.39 Å².